The Bertz CT molecular complexity index is 331. The molecule has 1 amide bonds. The molecule has 0 bridgehead atoms. The molecular formula is C12H17NO2S. The first-order valence-corrected chi connectivity index (χ1v) is 6.56. The van der Waals surface area contributed by atoms with Crippen LogP contribution in [0.1, 0.15) is 28.9 Å². The van der Waals surface area contributed by atoms with E-state index in [1.54, 1.807) is 4.90 Å². The molecule has 0 spiro atoms. The fraction of sp³-hybridized carbons (Fsp3) is 0.583. The Labute approximate surface area is 100 Å². The number of nitrogens with zero attached hydrogens (tertiary/aromatic N) is 1. The fourth-order valence-electron chi connectivity index (χ4n) is 1.93. The van der Waals surface area contributed by atoms with E-state index in [1.165, 1.54) is 17.8 Å². The van der Waals surface area contributed by atoms with Gasteiger partial charge in [-0.2, -0.15) is 0 Å². The van der Waals surface area contributed by atoms with E-state index in [9.17, 15) is 4.79 Å². The van der Waals surface area contributed by atoms with E-state index >= 15 is 0 Å². The third-order valence-electron chi connectivity index (χ3n) is 2.83. The molecule has 1 aromatic heterocycles. The van der Waals surface area contributed by atoms with Gasteiger partial charge in [0, 0.05) is 20.2 Å². The second-order valence-corrected chi connectivity index (χ2v) is 5.10. The molecule has 2 heterocycles. The molecule has 16 heavy (non-hydrogen) atoms. The monoisotopic (exact) mass is 239 g/mol. The van der Waals surface area contributed by atoms with Crippen LogP contribution in [0, 0.1) is 0 Å². The summed E-state index contributed by atoms with van der Waals surface area (Å²) in [5, 5.41) is 1.93. The van der Waals surface area contributed by atoms with E-state index in [2.05, 4.69) is 0 Å². The third kappa shape index (κ3) is 2.83. The molecule has 1 aliphatic rings. The first kappa shape index (κ1) is 11.6. The van der Waals surface area contributed by atoms with Crippen LogP contribution in [-0.4, -0.2) is 37.1 Å². The summed E-state index contributed by atoms with van der Waals surface area (Å²) in [6.07, 6.45) is 3.66. The average molecular weight is 239 g/mol. The zero-order valence-electron chi connectivity index (χ0n) is 9.52. The van der Waals surface area contributed by atoms with Gasteiger partial charge in [0.15, 0.2) is 0 Å². The quantitative estimate of drug-likeness (QED) is 0.810. The standard InChI is InChI=1S/C12H17NO2S/c1-13(9-10-5-2-3-7-15-10)12(14)11-6-4-8-16-11/h4,6,8,10H,2-3,5,7,9H2,1H3. The number of carbonyl (C=O) groups excluding carboxylic acids is 1. The molecule has 3 nitrogen and oxygen atoms in total. The van der Waals surface area contributed by atoms with Gasteiger partial charge in [-0.05, 0) is 30.7 Å². The maximum Gasteiger partial charge on any atom is 0.263 e. The molecule has 1 saturated heterocycles. The van der Waals surface area contributed by atoms with Gasteiger partial charge in [0.2, 0.25) is 0 Å². The molecule has 1 aromatic rings. The minimum Gasteiger partial charge on any atom is -0.376 e. The summed E-state index contributed by atoms with van der Waals surface area (Å²) in [5.41, 5.74) is 0. The number of likely N-dealkylation sites (N-methyl/N-ethyl adjacent to an activating group) is 1. The van der Waals surface area contributed by atoms with E-state index in [1.807, 2.05) is 24.6 Å². The molecule has 4 heteroatoms. The van der Waals surface area contributed by atoms with Crippen molar-refractivity contribution in [3.8, 4) is 0 Å². The lowest BCUT2D eigenvalue weighted by Gasteiger charge is -2.27. The topological polar surface area (TPSA) is 29.5 Å². The van der Waals surface area contributed by atoms with Crippen molar-refractivity contribution in [2.24, 2.45) is 0 Å². The van der Waals surface area contributed by atoms with Crippen molar-refractivity contribution in [1.82, 2.24) is 4.90 Å². The average Bonchev–Trinajstić information content (AvgIpc) is 2.83. The first-order valence-electron chi connectivity index (χ1n) is 5.68. The summed E-state index contributed by atoms with van der Waals surface area (Å²) in [6, 6.07) is 3.77. The summed E-state index contributed by atoms with van der Waals surface area (Å²) in [7, 11) is 1.85. The molecule has 0 aliphatic carbocycles. The fourth-order valence-corrected chi connectivity index (χ4v) is 2.65. The molecule has 88 valence electrons. The van der Waals surface area contributed by atoms with Crippen LogP contribution in [0.3, 0.4) is 0 Å². The molecule has 0 radical (unpaired) electrons. The van der Waals surface area contributed by atoms with Crippen LogP contribution < -0.4 is 0 Å². The van der Waals surface area contributed by atoms with E-state index in [4.69, 9.17) is 4.74 Å². The van der Waals surface area contributed by atoms with Crippen molar-refractivity contribution in [3.63, 3.8) is 0 Å². The van der Waals surface area contributed by atoms with E-state index in [0.717, 1.165) is 24.3 Å². The molecule has 0 saturated carbocycles. The van der Waals surface area contributed by atoms with Gasteiger partial charge in [0.1, 0.15) is 0 Å². The summed E-state index contributed by atoms with van der Waals surface area (Å²) in [5.74, 6) is 0.101. The SMILES string of the molecule is CN(CC1CCCCO1)C(=O)c1cccs1. The largest absolute Gasteiger partial charge is 0.376 e. The third-order valence-corrected chi connectivity index (χ3v) is 3.69. The number of hydrogen-bond donors (Lipinski definition) is 0. The van der Waals surface area contributed by atoms with Crippen LogP contribution in [0.2, 0.25) is 0 Å². The van der Waals surface area contributed by atoms with Gasteiger partial charge in [-0.25, -0.2) is 0 Å². The molecule has 0 N–H and O–H groups in total. The summed E-state index contributed by atoms with van der Waals surface area (Å²) in [6.45, 7) is 1.54. The zero-order chi connectivity index (χ0) is 11.4. The van der Waals surface area contributed by atoms with Gasteiger partial charge >= 0.3 is 0 Å². The Balaban J connectivity index is 1.87. The Kier molecular flexibility index (Phi) is 3.96. The highest BCUT2D eigenvalue weighted by molar-refractivity contribution is 7.12. The van der Waals surface area contributed by atoms with E-state index in [-0.39, 0.29) is 12.0 Å². The minimum absolute atomic E-state index is 0.101. The van der Waals surface area contributed by atoms with Crippen molar-refractivity contribution < 1.29 is 9.53 Å². The number of amides is 1. The minimum atomic E-state index is 0.101. The summed E-state index contributed by atoms with van der Waals surface area (Å²) < 4.78 is 5.63. The van der Waals surface area contributed by atoms with Crippen molar-refractivity contribution in [1.29, 1.82) is 0 Å². The van der Waals surface area contributed by atoms with E-state index < -0.39 is 0 Å². The van der Waals surface area contributed by atoms with Crippen LogP contribution in [0.25, 0.3) is 0 Å². The highest BCUT2D eigenvalue weighted by Crippen LogP contribution is 2.16. The summed E-state index contributed by atoms with van der Waals surface area (Å²) in [4.78, 5) is 14.5. The zero-order valence-corrected chi connectivity index (χ0v) is 10.3. The maximum atomic E-state index is 12.0. The maximum absolute atomic E-state index is 12.0. The van der Waals surface area contributed by atoms with Crippen LogP contribution in [0.15, 0.2) is 17.5 Å². The predicted octanol–water partition coefficient (Wildman–Crippen LogP) is 2.39. The highest BCUT2D eigenvalue weighted by Gasteiger charge is 2.19. The molecule has 1 unspecified atom stereocenters. The van der Waals surface area contributed by atoms with Crippen molar-refractivity contribution >= 4 is 17.2 Å². The summed E-state index contributed by atoms with van der Waals surface area (Å²) >= 11 is 1.49. The van der Waals surface area contributed by atoms with Gasteiger partial charge in [-0.3, -0.25) is 4.79 Å². The van der Waals surface area contributed by atoms with Crippen molar-refractivity contribution in [2.75, 3.05) is 20.2 Å². The molecule has 2 rings (SSSR count). The van der Waals surface area contributed by atoms with Gasteiger partial charge in [0.05, 0.1) is 11.0 Å². The van der Waals surface area contributed by atoms with Crippen LogP contribution in [-0.2, 0) is 4.74 Å². The molecule has 1 aliphatic heterocycles. The number of ether oxygens (including phenoxy) is 1. The number of rotatable bonds is 3. The van der Waals surface area contributed by atoms with Crippen molar-refractivity contribution in [3.05, 3.63) is 22.4 Å². The van der Waals surface area contributed by atoms with Crippen LogP contribution >= 0.6 is 11.3 Å². The van der Waals surface area contributed by atoms with Crippen LogP contribution in [0.4, 0.5) is 0 Å². The van der Waals surface area contributed by atoms with Gasteiger partial charge < -0.3 is 9.64 Å². The van der Waals surface area contributed by atoms with E-state index in [0.29, 0.717) is 6.54 Å². The number of hydrogen-bond acceptors (Lipinski definition) is 3. The molecule has 1 fully saturated rings. The molecule has 1 atom stereocenters. The van der Waals surface area contributed by atoms with Gasteiger partial charge in [-0.1, -0.05) is 6.07 Å². The normalized spacial score (nSPS) is 20.7. The predicted molar refractivity (Wildman–Crippen MR) is 64.9 cm³/mol. The van der Waals surface area contributed by atoms with Gasteiger partial charge in [-0.15, -0.1) is 11.3 Å². The Morgan fingerprint density at radius 1 is 1.62 bits per heavy atom. The lowest BCUT2D eigenvalue weighted by molar-refractivity contribution is -0.0000997. The Morgan fingerprint density at radius 2 is 2.50 bits per heavy atom. The Morgan fingerprint density at radius 3 is 3.12 bits per heavy atom. The second-order valence-electron chi connectivity index (χ2n) is 4.15. The van der Waals surface area contributed by atoms with Gasteiger partial charge in [0.25, 0.3) is 5.91 Å². The van der Waals surface area contributed by atoms with Crippen LogP contribution in [0.5, 0.6) is 0 Å². The lowest BCUT2D eigenvalue weighted by Crippen LogP contribution is -2.36. The smallest absolute Gasteiger partial charge is 0.263 e. The Hall–Kier alpha value is -0.870. The molecular weight excluding hydrogens is 222 g/mol. The number of carbonyl (C=O) groups is 1. The number of thiophene rings is 1. The lowest BCUT2D eigenvalue weighted by atomic mass is 10.1. The first-order chi connectivity index (χ1) is 7.77. The highest BCUT2D eigenvalue weighted by atomic mass is 32.1. The second kappa shape index (κ2) is 5.46. The molecule has 0 aromatic carbocycles. The van der Waals surface area contributed by atoms with Crippen molar-refractivity contribution in [2.45, 2.75) is 25.4 Å².